The molecule has 2 rings (SSSR count). The fourth-order valence-electron chi connectivity index (χ4n) is 4.47. The highest BCUT2D eigenvalue weighted by molar-refractivity contribution is 7.80. The summed E-state index contributed by atoms with van der Waals surface area (Å²) in [6, 6.07) is 10.9. The molecule has 0 aliphatic carbocycles. The Morgan fingerprint density at radius 3 is 2.21 bits per heavy atom. The molecule has 0 aliphatic rings. The molecular weight excluding hydrogens is 556 g/mol. The van der Waals surface area contributed by atoms with Gasteiger partial charge in [-0.3, -0.25) is 24.2 Å². The predicted molar refractivity (Wildman–Crippen MR) is 168 cm³/mol. The number of fused-ring (bicyclic) bond motifs is 1. The van der Waals surface area contributed by atoms with Crippen molar-refractivity contribution in [1.82, 2.24) is 21.3 Å². The average molecular weight is 601 g/mol. The van der Waals surface area contributed by atoms with Crippen molar-refractivity contribution >= 4 is 53.0 Å². The molecule has 0 saturated heterocycles. The molecule has 0 fully saturated rings. The van der Waals surface area contributed by atoms with Gasteiger partial charge in [-0.25, -0.2) is 0 Å². The van der Waals surface area contributed by atoms with E-state index in [2.05, 4.69) is 38.9 Å². The average Bonchev–Trinajstić information content (AvgIpc) is 2.96. The lowest BCUT2D eigenvalue weighted by atomic mass is 10.00. The van der Waals surface area contributed by atoms with Crippen molar-refractivity contribution in [2.45, 2.75) is 64.2 Å². The molecule has 0 heterocycles. The lowest BCUT2D eigenvalue weighted by Crippen LogP contribution is -2.57. The normalized spacial score (nSPS) is 13.7. The van der Waals surface area contributed by atoms with Crippen LogP contribution in [0.25, 0.3) is 10.8 Å². The minimum atomic E-state index is -1.05. The van der Waals surface area contributed by atoms with E-state index >= 15 is 0 Å². The van der Waals surface area contributed by atoms with Gasteiger partial charge in [0.1, 0.15) is 18.1 Å². The van der Waals surface area contributed by atoms with Crippen molar-refractivity contribution in [3.8, 4) is 0 Å². The van der Waals surface area contributed by atoms with Crippen molar-refractivity contribution in [2.24, 2.45) is 28.1 Å². The predicted octanol–water partition coefficient (Wildman–Crippen LogP) is 0.289. The Hall–Kier alpha value is -3.84. The first-order valence-electron chi connectivity index (χ1n) is 14.0. The Labute approximate surface area is 252 Å². The highest BCUT2D eigenvalue weighted by Crippen LogP contribution is 2.18. The summed E-state index contributed by atoms with van der Waals surface area (Å²) in [5.74, 6) is -2.11. The smallest absolute Gasteiger partial charge is 0.244 e. The van der Waals surface area contributed by atoms with Gasteiger partial charge in [0.15, 0.2) is 5.96 Å². The third kappa shape index (κ3) is 11.6. The number of nitrogens with zero attached hydrogens (tertiary/aromatic N) is 1. The lowest BCUT2D eigenvalue weighted by Gasteiger charge is -2.25. The van der Waals surface area contributed by atoms with Crippen LogP contribution in [0.2, 0.25) is 0 Å². The first-order valence-corrected chi connectivity index (χ1v) is 14.7. The summed E-state index contributed by atoms with van der Waals surface area (Å²) in [6.45, 7) is 4.15. The second-order valence-corrected chi connectivity index (χ2v) is 10.7. The fourth-order valence-corrected chi connectivity index (χ4v) is 4.72. The highest BCUT2D eigenvalue weighted by Gasteiger charge is 2.29. The van der Waals surface area contributed by atoms with Gasteiger partial charge in [0.05, 0.1) is 0 Å². The molecule has 10 N–H and O–H groups in total. The minimum absolute atomic E-state index is 0.0267. The summed E-state index contributed by atoms with van der Waals surface area (Å²) in [5.41, 5.74) is 17.4. The number of thiol groups is 1. The summed E-state index contributed by atoms with van der Waals surface area (Å²) in [4.78, 5) is 55.3. The molecule has 13 heteroatoms. The number of nitrogens with one attached hydrogen (secondary N) is 4. The molecule has 2 aromatic rings. The van der Waals surface area contributed by atoms with Crippen LogP contribution in [-0.4, -0.2) is 66.6 Å². The van der Waals surface area contributed by atoms with Crippen LogP contribution in [0, 0.1) is 5.92 Å². The second-order valence-electron chi connectivity index (χ2n) is 10.3. The molecule has 42 heavy (non-hydrogen) atoms. The van der Waals surface area contributed by atoms with Crippen LogP contribution in [0.15, 0.2) is 47.5 Å². The van der Waals surface area contributed by atoms with Gasteiger partial charge in [0.25, 0.3) is 0 Å². The minimum Gasteiger partial charge on any atom is -0.370 e. The fraction of sp³-hybridized carbons (Fsp3) is 0.483. The molecular formula is C29H44N8O4S. The van der Waals surface area contributed by atoms with Crippen molar-refractivity contribution < 1.29 is 19.2 Å². The summed E-state index contributed by atoms with van der Waals surface area (Å²) in [5, 5.41) is 13.0. The largest absolute Gasteiger partial charge is 0.370 e. The van der Waals surface area contributed by atoms with E-state index in [1.54, 1.807) is 0 Å². The van der Waals surface area contributed by atoms with E-state index in [0.717, 1.165) is 16.3 Å². The van der Waals surface area contributed by atoms with Gasteiger partial charge in [-0.15, -0.1) is 0 Å². The number of unbranched alkanes of at least 4 members (excludes halogenated alkanes) is 1. The molecule has 0 saturated carbocycles. The number of carbonyl (C=O) groups excluding carboxylic acids is 4. The monoisotopic (exact) mass is 600 g/mol. The number of guanidine groups is 1. The van der Waals surface area contributed by atoms with E-state index in [1.165, 1.54) is 6.92 Å². The molecule has 2 aromatic carbocycles. The van der Waals surface area contributed by atoms with Crippen LogP contribution in [0.5, 0.6) is 0 Å². The molecule has 0 aliphatic heterocycles. The molecule has 12 nitrogen and oxygen atoms in total. The number of nitrogens with two attached hydrogens (primary N) is 3. The number of hydrogen-bond donors (Lipinski definition) is 8. The highest BCUT2D eigenvalue weighted by atomic mass is 32.1. The van der Waals surface area contributed by atoms with Gasteiger partial charge in [-0.05, 0) is 54.5 Å². The van der Waals surface area contributed by atoms with Gasteiger partial charge >= 0.3 is 0 Å². The number of amides is 4. The van der Waals surface area contributed by atoms with Gasteiger partial charge in [0.2, 0.25) is 23.6 Å². The van der Waals surface area contributed by atoms with Crippen LogP contribution in [0.1, 0.15) is 45.1 Å². The van der Waals surface area contributed by atoms with E-state index in [1.807, 2.05) is 49.4 Å². The van der Waals surface area contributed by atoms with E-state index in [0.29, 0.717) is 25.8 Å². The molecule has 0 aromatic heterocycles. The van der Waals surface area contributed by atoms with Crippen LogP contribution in [0.4, 0.5) is 0 Å². The van der Waals surface area contributed by atoms with Crippen LogP contribution < -0.4 is 38.5 Å². The molecule has 1 unspecified atom stereocenters. The summed E-state index contributed by atoms with van der Waals surface area (Å²) < 4.78 is 0. The Bertz CT molecular complexity index is 1230. The van der Waals surface area contributed by atoms with Gasteiger partial charge < -0.3 is 38.5 Å². The van der Waals surface area contributed by atoms with E-state index in [9.17, 15) is 19.2 Å². The van der Waals surface area contributed by atoms with Crippen LogP contribution >= 0.6 is 12.6 Å². The maximum Gasteiger partial charge on any atom is 0.244 e. The summed E-state index contributed by atoms with van der Waals surface area (Å²) >= 11 is 4.25. The first-order chi connectivity index (χ1) is 20.0. The third-order valence-corrected chi connectivity index (χ3v) is 7.01. The number of rotatable bonds is 17. The van der Waals surface area contributed by atoms with Crippen LogP contribution in [-0.2, 0) is 25.7 Å². The lowest BCUT2D eigenvalue weighted by molar-refractivity contribution is -0.133. The first kappa shape index (κ1) is 34.4. The van der Waals surface area contributed by atoms with E-state index in [4.69, 9.17) is 17.2 Å². The maximum atomic E-state index is 13.4. The van der Waals surface area contributed by atoms with Gasteiger partial charge in [-0.1, -0.05) is 49.4 Å². The molecule has 4 amide bonds. The Morgan fingerprint density at radius 1 is 0.881 bits per heavy atom. The van der Waals surface area contributed by atoms with Crippen molar-refractivity contribution in [3.63, 3.8) is 0 Å². The summed E-state index contributed by atoms with van der Waals surface area (Å²) in [6.07, 6.45) is 1.92. The zero-order valence-electron chi connectivity index (χ0n) is 24.3. The van der Waals surface area contributed by atoms with Crippen LogP contribution in [0.3, 0.4) is 0 Å². The topological polar surface area (TPSA) is 207 Å². The Morgan fingerprint density at radius 2 is 1.55 bits per heavy atom. The van der Waals surface area contributed by atoms with Crippen molar-refractivity contribution in [2.75, 3.05) is 18.8 Å². The Balaban J connectivity index is 2.16. The molecule has 0 radical (unpaired) electrons. The number of hydrogen-bond acceptors (Lipinski definition) is 7. The zero-order valence-corrected chi connectivity index (χ0v) is 25.2. The SMILES string of the molecule is CC(=O)N[C@@H](CCCCN)C(=O)NC(CS)C(=O)N[C@@H](C[C@H](C)CN=C(N)N)C(=O)NCc1cccc2ccccc12. The zero-order chi connectivity index (χ0) is 31.1. The van der Waals surface area contributed by atoms with Crippen molar-refractivity contribution in [1.29, 1.82) is 0 Å². The quantitative estimate of drug-likeness (QED) is 0.0550. The molecule has 4 atom stereocenters. The standard InChI is InChI=1S/C29H44N8O4S/c1-18(15-34-29(31)32)14-24(26(39)33-16-21-10-7-9-20-8-3-4-11-22(20)21)36-28(41)25(17-42)37-27(40)23(35-19(2)38)12-5-6-13-30/h3-4,7-11,18,23-25,42H,5-6,12-17,30H2,1-2H3,(H,33,39)(H,35,38)(H,36,41)(H,37,40)(H4,31,32,34)/t18-,23-,24-,25?/m0/s1. The van der Waals surface area contributed by atoms with Gasteiger partial charge in [0, 0.05) is 25.8 Å². The maximum absolute atomic E-state index is 13.4. The van der Waals surface area contributed by atoms with Crippen molar-refractivity contribution in [3.05, 3.63) is 48.0 Å². The number of carbonyl (C=O) groups is 4. The van der Waals surface area contributed by atoms with Gasteiger partial charge in [-0.2, -0.15) is 12.6 Å². The number of benzene rings is 2. The Kier molecular flexibility index (Phi) is 14.6. The van der Waals surface area contributed by atoms with E-state index < -0.39 is 35.8 Å². The molecule has 0 bridgehead atoms. The molecule has 230 valence electrons. The molecule has 0 spiro atoms. The van der Waals surface area contributed by atoms with E-state index in [-0.39, 0.29) is 43.0 Å². The second kappa shape index (κ2) is 17.9. The summed E-state index contributed by atoms with van der Waals surface area (Å²) in [7, 11) is 0. The number of aliphatic imine (C=N–C) groups is 1. The third-order valence-electron chi connectivity index (χ3n) is 6.65.